The van der Waals surface area contributed by atoms with E-state index in [9.17, 15) is 24.3 Å². The molecule has 1 unspecified atom stereocenters. The van der Waals surface area contributed by atoms with Gasteiger partial charge in [0.2, 0.25) is 11.9 Å². The van der Waals surface area contributed by atoms with E-state index in [0.29, 0.717) is 65.0 Å². The number of carboxylic acid groups (broad SMARTS) is 1. The lowest BCUT2D eigenvalue weighted by atomic mass is 9.87. The van der Waals surface area contributed by atoms with Gasteiger partial charge in [0.25, 0.3) is 11.8 Å². The van der Waals surface area contributed by atoms with Gasteiger partial charge in [0.05, 0.1) is 30.0 Å². The van der Waals surface area contributed by atoms with Crippen molar-refractivity contribution in [2.24, 2.45) is 5.92 Å². The topological polar surface area (TPSA) is 208 Å². The molecule has 0 saturated heterocycles. The molecule has 2 aliphatic rings. The highest BCUT2D eigenvalue weighted by atomic mass is 79.9. The number of aromatic nitrogens is 4. The number of carbonyl (C=O) groups excluding carboxylic acids is 3. The van der Waals surface area contributed by atoms with Crippen LogP contribution >= 0.6 is 15.9 Å². The van der Waals surface area contributed by atoms with Crippen LogP contribution in [-0.2, 0) is 46.9 Å². The van der Waals surface area contributed by atoms with Crippen LogP contribution in [0.25, 0.3) is 21.8 Å². The zero-order chi connectivity index (χ0) is 44.0. The minimum absolute atomic E-state index is 0.0176. The van der Waals surface area contributed by atoms with E-state index in [-0.39, 0.29) is 53.4 Å². The molecule has 14 nitrogen and oxygen atoms in total. The van der Waals surface area contributed by atoms with Gasteiger partial charge in [-0.15, -0.1) is 0 Å². The zero-order valence-electron chi connectivity index (χ0n) is 34.8. The van der Waals surface area contributed by atoms with Gasteiger partial charge in [-0.1, -0.05) is 104 Å². The Morgan fingerprint density at radius 3 is 1.52 bits per heavy atom. The summed E-state index contributed by atoms with van der Waals surface area (Å²) < 4.78 is 5.01. The highest BCUT2D eigenvalue weighted by Gasteiger charge is 2.30. The van der Waals surface area contributed by atoms with Crippen LogP contribution in [0, 0.1) is 5.92 Å². The third kappa shape index (κ3) is 10.5. The van der Waals surface area contributed by atoms with Crippen LogP contribution in [0.4, 0.5) is 11.9 Å². The molecule has 0 bridgehead atoms. The quantitative estimate of drug-likeness (QED) is 0.101. The van der Waals surface area contributed by atoms with Crippen LogP contribution in [0.5, 0.6) is 0 Å². The summed E-state index contributed by atoms with van der Waals surface area (Å²) >= 11 is 3.27. The number of nitrogens with two attached hydrogens (primary N) is 2. The number of hydrogen-bond donors (Lipinski definition) is 3. The number of fused-ring (bicyclic) bond motifs is 4. The standard InChI is InChI=1S/C22H22N4O3.C21H20N4O3.C3H7Br/c1-12(2)18(21(28)29)13-7-8-17-16(9-13)19(25-22(23)24-17)20(27)26-10-14-5-3-4-6-15(14)11-26;1-2-28-18(26)10-13-7-8-17-16(9-13)19(24-21(22)23-17)20(27)25-11-14-5-3-4-6-15(14)12-25;1-3(2)4/h3-9,12,18H,10-11H2,1-2H3,(H,28,29)(H2,23,24,25);3-9H,2,10-12H2,1H3,(H2,22,23,24);3H,1-2H3. The van der Waals surface area contributed by atoms with Crippen LogP contribution in [-0.4, -0.2) is 70.0 Å². The largest absolute Gasteiger partial charge is 0.481 e. The molecular formula is C46H49BrN8O6. The molecule has 2 aliphatic heterocycles. The lowest BCUT2D eigenvalue weighted by molar-refractivity contribution is -0.142. The molecule has 6 aromatic rings. The van der Waals surface area contributed by atoms with Gasteiger partial charge < -0.3 is 31.1 Å². The van der Waals surface area contributed by atoms with E-state index in [1.54, 1.807) is 53.1 Å². The number of rotatable bonds is 8. The fourth-order valence-corrected chi connectivity index (χ4v) is 7.43. The molecule has 0 radical (unpaired) electrons. The van der Waals surface area contributed by atoms with Crippen molar-refractivity contribution in [1.82, 2.24) is 29.7 Å². The predicted molar refractivity (Wildman–Crippen MR) is 238 cm³/mol. The second-order valence-corrected chi connectivity index (χ2v) is 17.2. The van der Waals surface area contributed by atoms with Gasteiger partial charge in [-0.05, 0) is 70.5 Å². The minimum Gasteiger partial charge on any atom is -0.481 e. The van der Waals surface area contributed by atoms with E-state index in [0.717, 1.165) is 27.8 Å². The van der Waals surface area contributed by atoms with E-state index >= 15 is 0 Å². The maximum Gasteiger partial charge on any atom is 0.311 e. The first-order chi connectivity index (χ1) is 29.1. The number of nitrogens with zero attached hydrogens (tertiary/aromatic N) is 6. The summed E-state index contributed by atoms with van der Waals surface area (Å²) in [7, 11) is 0. The Kier molecular flexibility index (Phi) is 13.9. The number of anilines is 2. The molecule has 0 fully saturated rings. The Morgan fingerprint density at radius 1 is 0.689 bits per heavy atom. The third-order valence-electron chi connectivity index (χ3n) is 10.1. The van der Waals surface area contributed by atoms with Crippen LogP contribution < -0.4 is 11.5 Å². The summed E-state index contributed by atoms with van der Waals surface area (Å²) in [6.07, 6.45) is 0.122. The monoisotopic (exact) mass is 888 g/mol. The third-order valence-corrected chi connectivity index (χ3v) is 10.1. The van der Waals surface area contributed by atoms with E-state index < -0.39 is 11.9 Å². The Balaban J connectivity index is 0.000000188. The molecule has 0 saturated carbocycles. The zero-order valence-corrected chi connectivity index (χ0v) is 36.3. The summed E-state index contributed by atoms with van der Waals surface area (Å²) in [5, 5.41) is 10.7. The first kappa shape index (κ1) is 44.1. The Hall–Kier alpha value is -6.48. The first-order valence-electron chi connectivity index (χ1n) is 20.0. The van der Waals surface area contributed by atoms with Crippen molar-refractivity contribution in [1.29, 1.82) is 0 Å². The summed E-state index contributed by atoms with van der Waals surface area (Å²) in [5.41, 5.74) is 19.1. The number of amides is 2. The van der Waals surface area contributed by atoms with Gasteiger partial charge in [-0.25, -0.2) is 19.9 Å². The lowest BCUT2D eigenvalue weighted by Crippen LogP contribution is -2.27. The molecule has 316 valence electrons. The van der Waals surface area contributed by atoms with E-state index in [1.165, 1.54) is 0 Å². The van der Waals surface area contributed by atoms with Crippen molar-refractivity contribution >= 4 is 73.4 Å². The number of esters is 1. The van der Waals surface area contributed by atoms with Crippen LogP contribution in [0.2, 0.25) is 0 Å². The van der Waals surface area contributed by atoms with E-state index in [4.69, 9.17) is 16.2 Å². The first-order valence-corrected chi connectivity index (χ1v) is 20.9. The lowest BCUT2D eigenvalue weighted by Gasteiger charge is -2.19. The molecule has 4 heterocycles. The fourth-order valence-electron chi connectivity index (χ4n) is 7.43. The van der Waals surface area contributed by atoms with Gasteiger partial charge in [0.15, 0.2) is 0 Å². The molecule has 0 spiro atoms. The molecule has 61 heavy (non-hydrogen) atoms. The highest BCUT2D eigenvalue weighted by molar-refractivity contribution is 9.09. The number of halogens is 1. The summed E-state index contributed by atoms with van der Waals surface area (Å²) in [6, 6.07) is 26.3. The Bertz CT molecular complexity index is 2570. The van der Waals surface area contributed by atoms with Crippen LogP contribution in [0.3, 0.4) is 0 Å². The number of hydrogen-bond acceptors (Lipinski definition) is 11. The van der Waals surface area contributed by atoms with Crippen molar-refractivity contribution < 1.29 is 29.0 Å². The number of carboxylic acids is 1. The smallest absolute Gasteiger partial charge is 0.311 e. The maximum absolute atomic E-state index is 13.3. The van der Waals surface area contributed by atoms with Crippen molar-refractivity contribution in [3.8, 4) is 0 Å². The average Bonchev–Trinajstić information content (AvgIpc) is 3.85. The molecule has 4 aromatic carbocycles. The van der Waals surface area contributed by atoms with Crippen molar-refractivity contribution in [2.45, 2.75) is 78.0 Å². The maximum atomic E-state index is 13.3. The van der Waals surface area contributed by atoms with Crippen LogP contribution in [0.15, 0.2) is 84.9 Å². The molecule has 0 aliphatic carbocycles. The molecule has 5 N–H and O–H groups in total. The second kappa shape index (κ2) is 19.3. The molecule has 15 heteroatoms. The number of carbonyl (C=O) groups is 4. The van der Waals surface area contributed by atoms with Crippen molar-refractivity contribution in [3.63, 3.8) is 0 Å². The highest BCUT2D eigenvalue weighted by Crippen LogP contribution is 2.31. The van der Waals surface area contributed by atoms with Crippen molar-refractivity contribution in [2.75, 3.05) is 18.1 Å². The molecule has 1 atom stereocenters. The number of nitrogen functional groups attached to an aromatic ring is 2. The van der Waals surface area contributed by atoms with Gasteiger partial charge in [0.1, 0.15) is 11.4 Å². The van der Waals surface area contributed by atoms with Gasteiger partial charge in [0, 0.05) is 41.8 Å². The molecule has 8 rings (SSSR count). The van der Waals surface area contributed by atoms with Gasteiger partial charge >= 0.3 is 11.9 Å². The molecular weight excluding hydrogens is 840 g/mol. The normalized spacial score (nSPS) is 13.2. The SMILES string of the molecule is CC(C)Br.CC(C)C(C(=O)O)c1ccc2nc(N)nc(C(=O)N3Cc4ccccc4C3)c2c1.CCOC(=O)Cc1ccc2nc(N)nc(C(=O)N3Cc4ccccc4C3)c2c1. The fraction of sp³-hybridized carbons (Fsp3) is 0.304. The van der Waals surface area contributed by atoms with Gasteiger partial charge in [-0.2, -0.15) is 0 Å². The van der Waals surface area contributed by atoms with Gasteiger partial charge in [-0.3, -0.25) is 19.2 Å². The average molecular weight is 890 g/mol. The number of benzene rings is 4. The Morgan fingerprint density at radius 2 is 1.11 bits per heavy atom. The minimum atomic E-state index is -0.904. The number of aliphatic carboxylic acids is 1. The number of ether oxygens (including phenoxy) is 1. The van der Waals surface area contributed by atoms with E-state index in [1.807, 2.05) is 62.4 Å². The van der Waals surface area contributed by atoms with Crippen LogP contribution in [0.1, 0.15) is 94.9 Å². The summed E-state index contributed by atoms with van der Waals surface area (Å²) in [4.78, 5) is 71.1. The molecule has 2 aromatic heterocycles. The Labute approximate surface area is 362 Å². The van der Waals surface area contributed by atoms with Crippen molar-refractivity contribution in [3.05, 3.63) is 130 Å². The van der Waals surface area contributed by atoms with E-state index in [2.05, 4.69) is 49.7 Å². The summed E-state index contributed by atoms with van der Waals surface area (Å²) in [5.74, 6) is -2.39. The second-order valence-electron chi connectivity index (χ2n) is 15.4. The predicted octanol–water partition coefficient (Wildman–Crippen LogP) is 7.46. The number of alkyl halides is 1. The molecule has 2 amide bonds. The summed E-state index contributed by atoms with van der Waals surface area (Å²) in [6.45, 7) is 12.0.